The van der Waals surface area contributed by atoms with Crippen molar-refractivity contribution in [2.45, 2.75) is 87.5 Å². The number of benzene rings is 3. The van der Waals surface area contributed by atoms with Crippen LogP contribution in [0.3, 0.4) is 0 Å². The lowest BCUT2D eigenvalue weighted by atomic mass is 9.29. The zero-order chi connectivity index (χ0) is 35.4. The zero-order valence-electron chi connectivity index (χ0n) is 30.7. The summed E-state index contributed by atoms with van der Waals surface area (Å²) in [5.74, 6) is 0.0854. The number of aliphatic hydroxyl groups excluding tert-OH is 1. The second kappa shape index (κ2) is 15.8. The fourth-order valence-electron chi connectivity index (χ4n) is 8.30. The van der Waals surface area contributed by atoms with Gasteiger partial charge in [0.1, 0.15) is 33.5 Å². The second-order valence-electron chi connectivity index (χ2n) is 15.3. The summed E-state index contributed by atoms with van der Waals surface area (Å²) < 4.78 is 35.9. The van der Waals surface area contributed by atoms with E-state index in [4.69, 9.17) is 4.74 Å². The van der Waals surface area contributed by atoms with Gasteiger partial charge in [-0.25, -0.2) is 8.42 Å². The third-order valence-electron chi connectivity index (χ3n) is 11.5. The van der Waals surface area contributed by atoms with E-state index in [2.05, 4.69) is 57.6 Å². The number of anilines is 1. The number of aliphatic hydroxyl groups is 1. The highest BCUT2D eigenvalue weighted by Gasteiger charge is 2.49. The van der Waals surface area contributed by atoms with Crippen LogP contribution in [0.5, 0.6) is 5.75 Å². The molecule has 3 aromatic rings. The van der Waals surface area contributed by atoms with Crippen molar-refractivity contribution in [3.05, 3.63) is 89.0 Å². The van der Waals surface area contributed by atoms with Crippen LogP contribution in [-0.2, 0) is 23.0 Å². The van der Waals surface area contributed by atoms with E-state index in [1.54, 1.807) is 6.07 Å². The Kier molecular flexibility index (Phi) is 11.7. The van der Waals surface area contributed by atoms with Crippen molar-refractivity contribution in [3.63, 3.8) is 0 Å². The lowest BCUT2D eigenvalue weighted by Crippen LogP contribution is -2.66. The number of rotatable bonds is 15. The van der Waals surface area contributed by atoms with E-state index in [0.717, 1.165) is 67.4 Å². The summed E-state index contributed by atoms with van der Waals surface area (Å²) in [6.07, 6.45) is 4.47. The normalized spacial score (nSPS) is 24.9. The van der Waals surface area contributed by atoms with E-state index in [9.17, 15) is 13.5 Å². The van der Waals surface area contributed by atoms with Crippen LogP contribution in [-0.4, -0.2) is 103 Å². The smallest absolute Gasteiger partial charge is 0.177 e. The van der Waals surface area contributed by atoms with Crippen LogP contribution >= 0.6 is 0 Å². The molecule has 10 heteroatoms. The third kappa shape index (κ3) is 8.14. The molecule has 3 saturated heterocycles. The van der Waals surface area contributed by atoms with Gasteiger partial charge in [-0.2, -0.15) is 0 Å². The summed E-state index contributed by atoms with van der Waals surface area (Å²) in [6, 6.07) is 22.4. The Bertz CT molecular complexity index is 1650. The third-order valence-corrected chi connectivity index (χ3v) is 13.4. The Morgan fingerprint density at radius 3 is 2.06 bits per heavy atom. The van der Waals surface area contributed by atoms with Gasteiger partial charge in [0.15, 0.2) is 9.84 Å². The number of piperazine rings is 3. The van der Waals surface area contributed by atoms with Gasteiger partial charge in [-0.3, -0.25) is 4.90 Å². The number of nitrogens with zero attached hydrogens (tertiary/aromatic N) is 3. The van der Waals surface area contributed by atoms with Crippen LogP contribution in [0.4, 0.5) is 5.69 Å². The van der Waals surface area contributed by atoms with Gasteiger partial charge < -0.3 is 19.2 Å². The van der Waals surface area contributed by atoms with Crippen molar-refractivity contribution in [2.24, 2.45) is 0 Å². The fraction of sp³-hybridized carbons (Fsp3) is 0.550. The Morgan fingerprint density at radius 2 is 1.48 bits per heavy atom. The van der Waals surface area contributed by atoms with Gasteiger partial charge in [-0.15, -0.1) is 0 Å². The van der Waals surface area contributed by atoms with E-state index in [1.807, 2.05) is 55.4 Å². The minimum Gasteiger partial charge on any atom is -0.489 e. The molecule has 0 aliphatic carbocycles. The lowest BCUT2D eigenvalue weighted by molar-refractivity contribution is -0.953. The summed E-state index contributed by atoms with van der Waals surface area (Å²) in [6.45, 7) is 13.3. The molecule has 7 nitrogen and oxygen atoms in total. The second-order valence-corrected chi connectivity index (χ2v) is 17.2. The number of hydrogen-bond acceptors (Lipinski definition) is 6. The Balaban J connectivity index is 1.24. The molecule has 7 rings (SSSR count). The number of hydrogen-bond donors (Lipinski definition) is 1. The highest BCUT2D eigenvalue weighted by Crippen LogP contribution is 2.49. The van der Waals surface area contributed by atoms with Gasteiger partial charge in [-0.05, 0) is 52.2 Å². The number of fused-ring (bicyclic) bond motifs is 4. The summed E-state index contributed by atoms with van der Waals surface area (Å²) in [5.41, 5.74) is 4.97. The monoisotopic (exact) mass is 696 g/mol. The molecule has 2 radical (unpaired) electrons. The van der Waals surface area contributed by atoms with Gasteiger partial charge >= 0.3 is 0 Å². The van der Waals surface area contributed by atoms with Crippen LogP contribution < -0.4 is 9.64 Å². The minimum absolute atomic E-state index is 0.127. The first kappa shape index (κ1) is 37.0. The predicted octanol–water partition coefficient (Wildman–Crippen LogP) is 6.22. The maximum absolute atomic E-state index is 14.2. The van der Waals surface area contributed by atoms with Crippen LogP contribution in [0.15, 0.2) is 71.6 Å². The molecule has 3 fully saturated rings. The Morgan fingerprint density at radius 1 is 0.880 bits per heavy atom. The average Bonchev–Trinajstić information content (AvgIpc) is 3.19. The molecule has 4 aliphatic heterocycles. The molecule has 0 amide bonds. The van der Waals surface area contributed by atoms with Gasteiger partial charge in [0.05, 0.1) is 30.6 Å². The van der Waals surface area contributed by atoms with Gasteiger partial charge in [0.25, 0.3) is 0 Å². The average molecular weight is 697 g/mol. The molecule has 0 spiro atoms. The number of sulfone groups is 1. The summed E-state index contributed by atoms with van der Waals surface area (Å²) in [4.78, 5) is 4.89. The van der Waals surface area contributed by atoms with Gasteiger partial charge in [-0.1, -0.05) is 88.6 Å². The molecule has 4 heterocycles. The van der Waals surface area contributed by atoms with Gasteiger partial charge in [0, 0.05) is 56.7 Å². The highest BCUT2D eigenvalue weighted by atomic mass is 32.2. The molecule has 4 aliphatic rings. The van der Waals surface area contributed by atoms with E-state index in [-0.39, 0.29) is 5.75 Å². The van der Waals surface area contributed by atoms with Crippen LogP contribution in [0, 0.1) is 0 Å². The molecular formula is C40H56B2N3O4S+. The fourth-order valence-corrected chi connectivity index (χ4v) is 10.3. The van der Waals surface area contributed by atoms with Crippen LogP contribution in [0.1, 0.15) is 67.7 Å². The SMILES string of the molecule is CCCC[B]C1([B]CCCC)CS(=O)(=O)c2ccc(N(C)C)cc2[C@@H](c2ccc(OCc3ccc(C[N+]45CCN(CC4)CC5)cc3)cc2)[C@H]1O. The van der Waals surface area contributed by atoms with Crippen LogP contribution in [0.2, 0.25) is 17.9 Å². The van der Waals surface area contributed by atoms with Crippen molar-refractivity contribution in [1.82, 2.24) is 4.90 Å². The molecule has 1 N–H and O–H groups in total. The van der Waals surface area contributed by atoms with E-state index in [1.165, 1.54) is 49.3 Å². The Labute approximate surface area is 303 Å². The van der Waals surface area contributed by atoms with Crippen molar-refractivity contribution < 1.29 is 22.7 Å². The maximum Gasteiger partial charge on any atom is 0.177 e. The topological polar surface area (TPSA) is 70.1 Å². The first-order chi connectivity index (χ1) is 24.1. The molecular weight excluding hydrogens is 640 g/mol. The first-order valence-electron chi connectivity index (χ1n) is 18.9. The van der Waals surface area contributed by atoms with E-state index in [0.29, 0.717) is 17.1 Å². The molecule has 0 aromatic heterocycles. The number of ether oxygens (including phenoxy) is 1. The minimum atomic E-state index is -3.71. The molecule has 3 aromatic carbocycles. The molecule has 0 saturated carbocycles. The molecule has 266 valence electrons. The van der Waals surface area contributed by atoms with E-state index < -0.39 is 27.1 Å². The summed E-state index contributed by atoms with van der Waals surface area (Å²) >= 11 is 0. The molecule has 2 atom stereocenters. The standard InChI is InChI=1S/C40H56B2N3O4S/c1-5-7-19-41-40(42-20-8-6-2)30-50(47,48)37-18-15-34(43(3)4)27-36(37)38(39(40)46)33-13-16-35(17-14-33)49-29-32-11-9-31(10-12-32)28-45-24-21-44(22-25-45)23-26-45/h9-18,27,38-39,46H,5-8,19-26,28-30H2,1-4H3/q+1/t38-,39-/m1/s1. The number of unbranched alkanes of at least 4 members (excludes halogenated alkanes) is 2. The quantitative estimate of drug-likeness (QED) is 0.116. The zero-order valence-corrected chi connectivity index (χ0v) is 31.5. The van der Waals surface area contributed by atoms with Crippen molar-refractivity contribution in [1.29, 1.82) is 0 Å². The molecule has 0 unspecified atom stereocenters. The predicted molar refractivity (Wildman–Crippen MR) is 207 cm³/mol. The van der Waals surface area contributed by atoms with Gasteiger partial charge in [0.2, 0.25) is 0 Å². The molecule has 50 heavy (non-hydrogen) atoms. The summed E-state index contributed by atoms with van der Waals surface area (Å²) in [7, 11) is 4.42. The lowest BCUT2D eigenvalue weighted by Gasteiger charge is -2.50. The van der Waals surface area contributed by atoms with Crippen molar-refractivity contribution in [3.8, 4) is 5.75 Å². The Hall–Kier alpha value is -2.78. The van der Waals surface area contributed by atoms with Crippen molar-refractivity contribution >= 4 is 30.1 Å². The largest absolute Gasteiger partial charge is 0.489 e. The number of quaternary nitrogens is 1. The highest BCUT2D eigenvalue weighted by molar-refractivity contribution is 7.91. The van der Waals surface area contributed by atoms with Crippen molar-refractivity contribution in [2.75, 3.05) is 64.0 Å². The van der Waals surface area contributed by atoms with E-state index >= 15 is 0 Å². The first-order valence-corrected chi connectivity index (χ1v) is 20.5. The maximum atomic E-state index is 14.2. The summed E-state index contributed by atoms with van der Waals surface area (Å²) in [5, 5.41) is 11.6. The van der Waals surface area contributed by atoms with Crippen LogP contribution in [0.25, 0.3) is 0 Å². The molecule has 2 bridgehead atoms.